The number of hydrogen-bond acceptors (Lipinski definition) is 3. The number of ether oxygens (including phenoxy) is 1. The van der Waals surface area contributed by atoms with E-state index < -0.39 is 10.0 Å². The molecule has 0 saturated carbocycles. The highest BCUT2D eigenvalue weighted by Crippen LogP contribution is 2.36. The number of benzene rings is 2. The first-order chi connectivity index (χ1) is 11.5. The number of anilines is 1. The highest BCUT2D eigenvalue weighted by Gasteiger charge is 2.27. The van der Waals surface area contributed by atoms with Crippen LogP contribution in [-0.2, 0) is 10.0 Å². The Morgan fingerprint density at radius 1 is 1.12 bits per heavy atom. The maximum Gasteiger partial charge on any atom is 0.264 e. The first kappa shape index (κ1) is 17.8. The number of aryl methyl sites for hydroxylation is 1. The van der Waals surface area contributed by atoms with Gasteiger partial charge in [-0.25, -0.2) is 8.42 Å². The molecule has 0 aromatic heterocycles. The van der Waals surface area contributed by atoms with Crippen molar-refractivity contribution in [3.05, 3.63) is 72.8 Å². The summed E-state index contributed by atoms with van der Waals surface area (Å²) in [7, 11) is -2.25. The molecule has 2 aromatic carbocycles. The van der Waals surface area contributed by atoms with Crippen molar-refractivity contribution in [3.63, 3.8) is 0 Å². The van der Waals surface area contributed by atoms with Crippen LogP contribution >= 0.6 is 0 Å². The van der Waals surface area contributed by atoms with Gasteiger partial charge in [-0.1, -0.05) is 48.6 Å². The van der Waals surface area contributed by atoms with Gasteiger partial charge >= 0.3 is 0 Å². The lowest BCUT2D eigenvalue weighted by molar-refractivity contribution is 0.415. The van der Waals surface area contributed by atoms with Crippen molar-refractivity contribution >= 4 is 21.8 Å². The number of hydrogen-bond donors (Lipinski definition) is 0. The zero-order chi connectivity index (χ0) is 17.7. The molecule has 0 aliphatic rings. The van der Waals surface area contributed by atoms with E-state index in [-0.39, 0.29) is 11.4 Å². The van der Waals surface area contributed by atoms with Crippen molar-refractivity contribution in [1.29, 1.82) is 0 Å². The van der Waals surface area contributed by atoms with Gasteiger partial charge in [0, 0.05) is 5.56 Å². The molecule has 0 heterocycles. The molecule has 0 aliphatic carbocycles. The average Bonchev–Trinajstić information content (AvgIpc) is 2.59. The van der Waals surface area contributed by atoms with Crippen LogP contribution in [0.15, 0.2) is 66.6 Å². The summed E-state index contributed by atoms with van der Waals surface area (Å²) in [6.07, 6.45) is 3.16. The van der Waals surface area contributed by atoms with E-state index >= 15 is 0 Å². The van der Waals surface area contributed by atoms with Crippen LogP contribution in [0.3, 0.4) is 0 Å². The SMILES string of the molecule is C=CCN(c1c(C=C)cccc1OC)S(=O)(=O)c1ccc(C)cc1. The Kier molecular flexibility index (Phi) is 5.46. The summed E-state index contributed by atoms with van der Waals surface area (Å²) in [5, 5.41) is 0. The number of rotatable bonds is 7. The van der Waals surface area contributed by atoms with Gasteiger partial charge in [0.25, 0.3) is 10.0 Å². The topological polar surface area (TPSA) is 46.6 Å². The van der Waals surface area contributed by atoms with Gasteiger partial charge in [0.15, 0.2) is 0 Å². The summed E-state index contributed by atoms with van der Waals surface area (Å²) in [5.74, 6) is 0.463. The van der Waals surface area contributed by atoms with Crippen LogP contribution in [-0.4, -0.2) is 22.1 Å². The molecule has 24 heavy (non-hydrogen) atoms. The number of methoxy groups -OCH3 is 1. The Morgan fingerprint density at radius 2 is 1.79 bits per heavy atom. The lowest BCUT2D eigenvalue weighted by Gasteiger charge is -2.26. The fourth-order valence-electron chi connectivity index (χ4n) is 2.40. The molecule has 0 atom stereocenters. The summed E-state index contributed by atoms with van der Waals surface area (Å²) in [6, 6.07) is 12.1. The predicted molar refractivity (Wildman–Crippen MR) is 99.0 cm³/mol. The predicted octanol–water partition coefficient (Wildman–Crippen LogP) is 4.03. The van der Waals surface area contributed by atoms with Crippen LogP contribution in [0.5, 0.6) is 5.75 Å². The maximum atomic E-state index is 13.2. The average molecular weight is 343 g/mol. The Bertz CT molecular complexity index is 839. The molecule has 2 rings (SSSR count). The Labute approximate surface area is 143 Å². The molecule has 0 N–H and O–H groups in total. The van der Waals surface area contributed by atoms with Crippen LogP contribution in [0.2, 0.25) is 0 Å². The van der Waals surface area contributed by atoms with Crippen LogP contribution in [0.1, 0.15) is 11.1 Å². The molecule has 0 unspecified atom stereocenters. The summed E-state index contributed by atoms with van der Waals surface area (Å²) < 4.78 is 33.0. The summed E-state index contributed by atoms with van der Waals surface area (Å²) >= 11 is 0. The van der Waals surface area contributed by atoms with Gasteiger partial charge in [-0.15, -0.1) is 6.58 Å². The fraction of sp³-hybridized carbons (Fsp3) is 0.158. The Hall–Kier alpha value is -2.53. The van der Waals surface area contributed by atoms with Gasteiger partial charge < -0.3 is 4.74 Å². The van der Waals surface area contributed by atoms with Crippen LogP contribution < -0.4 is 9.04 Å². The first-order valence-corrected chi connectivity index (χ1v) is 8.89. The fourth-order valence-corrected chi connectivity index (χ4v) is 3.87. The minimum atomic E-state index is -3.76. The summed E-state index contributed by atoms with van der Waals surface area (Å²) in [5.41, 5.74) is 2.12. The lowest BCUT2D eigenvalue weighted by atomic mass is 10.1. The van der Waals surface area contributed by atoms with Crippen LogP contribution in [0.4, 0.5) is 5.69 Å². The highest BCUT2D eigenvalue weighted by atomic mass is 32.2. The first-order valence-electron chi connectivity index (χ1n) is 7.45. The molecule has 2 aromatic rings. The smallest absolute Gasteiger partial charge is 0.264 e. The number of para-hydroxylation sites is 1. The van der Waals surface area contributed by atoms with Crippen molar-refractivity contribution in [2.45, 2.75) is 11.8 Å². The van der Waals surface area contributed by atoms with E-state index in [1.54, 1.807) is 54.6 Å². The summed E-state index contributed by atoms with van der Waals surface area (Å²) in [6.45, 7) is 9.49. The zero-order valence-electron chi connectivity index (χ0n) is 13.9. The van der Waals surface area contributed by atoms with Gasteiger partial charge in [-0.05, 0) is 25.1 Å². The molecule has 0 amide bonds. The largest absolute Gasteiger partial charge is 0.495 e. The zero-order valence-corrected chi connectivity index (χ0v) is 14.7. The van der Waals surface area contributed by atoms with E-state index in [1.165, 1.54) is 11.4 Å². The van der Waals surface area contributed by atoms with E-state index in [0.29, 0.717) is 17.0 Å². The third kappa shape index (κ3) is 3.36. The van der Waals surface area contributed by atoms with Crippen molar-refractivity contribution < 1.29 is 13.2 Å². The van der Waals surface area contributed by atoms with E-state index in [2.05, 4.69) is 13.2 Å². The molecular weight excluding hydrogens is 322 g/mol. The van der Waals surface area contributed by atoms with E-state index in [4.69, 9.17) is 4.74 Å². The minimum absolute atomic E-state index is 0.122. The van der Waals surface area contributed by atoms with Crippen LogP contribution in [0, 0.1) is 6.92 Å². The molecular formula is C19H21NO3S. The van der Waals surface area contributed by atoms with E-state index in [9.17, 15) is 8.42 Å². The quantitative estimate of drug-likeness (QED) is 0.713. The van der Waals surface area contributed by atoms with Crippen molar-refractivity contribution in [1.82, 2.24) is 0 Å². The molecule has 0 saturated heterocycles. The number of nitrogens with zero attached hydrogens (tertiary/aromatic N) is 1. The standard InChI is InChI=1S/C19H21NO3S/c1-5-14-20(19-16(6-2)8-7-9-18(19)23-4)24(21,22)17-12-10-15(3)11-13-17/h5-13H,1-2,14H2,3-4H3. The third-order valence-corrected chi connectivity index (χ3v) is 5.40. The Morgan fingerprint density at radius 3 is 2.33 bits per heavy atom. The monoisotopic (exact) mass is 343 g/mol. The Balaban J connectivity index is 2.68. The number of sulfonamides is 1. The summed E-state index contributed by atoms with van der Waals surface area (Å²) in [4.78, 5) is 0.218. The van der Waals surface area contributed by atoms with E-state index in [0.717, 1.165) is 5.56 Å². The molecule has 126 valence electrons. The van der Waals surface area contributed by atoms with E-state index in [1.807, 2.05) is 6.92 Å². The molecule has 0 fully saturated rings. The van der Waals surface area contributed by atoms with Gasteiger partial charge in [-0.2, -0.15) is 0 Å². The van der Waals surface area contributed by atoms with Gasteiger partial charge in [-0.3, -0.25) is 4.31 Å². The molecule has 4 nitrogen and oxygen atoms in total. The van der Waals surface area contributed by atoms with Crippen molar-refractivity contribution in [3.8, 4) is 5.75 Å². The highest BCUT2D eigenvalue weighted by molar-refractivity contribution is 7.92. The molecule has 5 heteroatoms. The van der Waals surface area contributed by atoms with Gasteiger partial charge in [0.2, 0.25) is 0 Å². The maximum absolute atomic E-state index is 13.2. The lowest BCUT2D eigenvalue weighted by Crippen LogP contribution is -2.32. The second-order valence-corrected chi connectivity index (χ2v) is 7.10. The third-order valence-electron chi connectivity index (χ3n) is 3.62. The molecule has 0 aliphatic heterocycles. The second-order valence-electron chi connectivity index (χ2n) is 5.24. The van der Waals surface area contributed by atoms with Crippen molar-refractivity contribution in [2.75, 3.05) is 18.0 Å². The molecule has 0 radical (unpaired) electrons. The van der Waals surface area contributed by atoms with Gasteiger partial charge in [0.05, 0.1) is 18.6 Å². The van der Waals surface area contributed by atoms with Gasteiger partial charge in [0.1, 0.15) is 11.4 Å². The molecule has 0 spiro atoms. The normalized spacial score (nSPS) is 10.9. The molecule has 0 bridgehead atoms. The minimum Gasteiger partial charge on any atom is -0.495 e. The van der Waals surface area contributed by atoms with Crippen LogP contribution in [0.25, 0.3) is 6.08 Å². The van der Waals surface area contributed by atoms with Crippen molar-refractivity contribution in [2.24, 2.45) is 0 Å². The second kappa shape index (κ2) is 7.36.